The normalized spacial score (nSPS) is 15.6. The fraction of sp³-hybridized carbons (Fsp3) is 0.105. The molecule has 0 spiro atoms. The number of hydrogen-bond acceptors (Lipinski definition) is 3. The minimum Gasteiger partial charge on any atom is -0.497 e. The topological polar surface area (TPSA) is 35.5 Å². The zero-order chi connectivity index (χ0) is 15.5. The lowest BCUT2D eigenvalue weighted by atomic mass is 10.1. The lowest BCUT2D eigenvalue weighted by molar-refractivity contribution is -0.131. The number of cyclic esters (lactones) is 1. The van der Waals surface area contributed by atoms with E-state index in [0.29, 0.717) is 11.3 Å². The Hall–Kier alpha value is -2.81. The van der Waals surface area contributed by atoms with Crippen molar-refractivity contribution in [1.29, 1.82) is 0 Å². The van der Waals surface area contributed by atoms with E-state index in [4.69, 9.17) is 9.47 Å². The second-order valence-electron chi connectivity index (χ2n) is 5.13. The number of rotatable bonds is 3. The van der Waals surface area contributed by atoms with Crippen molar-refractivity contribution in [1.82, 2.24) is 0 Å². The standard InChI is InChI=1S/C19H16O3/c1-13-3-5-14(6-4-13)11-17-12-18(19(20)22-17)15-7-9-16(21-2)10-8-15/h3-12H,1-2H3/b17-11-. The summed E-state index contributed by atoms with van der Waals surface area (Å²) in [6.45, 7) is 2.04. The quantitative estimate of drug-likeness (QED) is 0.803. The first-order valence-corrected chi connectivity index (χ1v) is 7.02. The van der Waals surface area contributed by atoms with E-state index in [0.717, 1.165) is 16.9 Å². The maximum atomic E-state index is 12.0. The number of carbonyl (C=O) groups excluding carboxylic acids is 1. The van der Waals surface area contributed by atoms with Gasteiger partial charge in [0.25, 0.3) is 0 Å². The van der Waals surface area contributed by atoms with Gasteiger partial charge in [-0.1, -0.05) is 42.0 Å². The van der Waals surface area contributed by atoms with Crippen molar-refractivity contribution in [2.75, 3.05) is 7.11 Å². The largest absolute Gasteiger partial charge is 0.497 e. The molecule has 0 saturated carbocycles. The van der Waals surface area contributed by atoms with Gasteiger partial charge in [0.15, 0.2) is 0 Å². The average Bonchev–Trinajstić information content (AvgIpc) is 2.90. The number of esters is 1. The second-order valence-corrected chi connectivity index (χ2v) is 5.13. The van der Waals surface area contributed by atoms with Crippen molar-refractivity contribution < 1.29 is 14.3 Å². The molecule has 2 aromatic carbocycles. The number of hydrogen-bond donors (Lipinski definition) is 0. The SMILES string of the molecule is COc1ccc(C2=C/C(=C/c3ccc(C)cc3)OC2=O)cc1. The van der Waals surface area contributed by atoms with Crippen LogP contribution in [0.25, 0.3) is 11.6 Å². The van der Waals surface area contributed by atoms with Crippen molar-refractivity contribution in [2.24, 2.45) is 0 Å². The third kappa shape index (κ3) is 2.93. The van der Waals surface area contributed by atoms with Crippen molar-refractivity contribution >= 4 is 17.6 Å². The Morgan fingerprint density at radius 3 is 2.32 bits per heavy atom. The van der Waals surface area contributed by atoms with Crippen LogP contribution in [-0.2, 0) is 9.53 Å². The summed E-state index contributed by atoms with van der Waals surface area (Å²) in [7, 11) is 1.61. The van der Waals surface area contributed by atoms with Crippen LogP contribution in [0.15, 0.2) is 60.4 Å². The fourth-order valence-electron chi connectivity index (χ4n) is 2.26. The summed E-state index contributed by atoms with van der Waals surface area (Å²) in [4.78, 5) is 12.0. The summed E-state index contributed by atoms with van der Waals surface area (Å²) in [5.74, 6) is 0.981. The average molecular weight is 292 g/mol. The summed E-state index contributed by atoms with van der Waals surface area (Å²) in [5, 5.41) is 0. The third-order valence-electron chi connectivity index (χ3n) is 3.50. The van der Waals surface area contributed by atoms with Gasteiger partial charge in [0.1, 0.15) is 11.5 Å². The molecule has 0 radical (unpaired) electrons. The minimum atomic E-state index is -0.330. The first-order chi connectivity index (χ1) is 10.7. The van der Waals surface area contributed by atoms with Gasteiger partial charge in [0.2, 0.25) is 0 Å². The van der Waals surface area contributed by atoms with Gasteiger partial charge in [0, 0.05) is 0 Å². The molecule has 0 aliphatic carbocycles. The van der Waals surface area contributed by atoms with E-state index >= 15 is 0 Å². The highest BCUT2D eigenvalue weighted by Crippen LogP contribution is 2.28. The Bertz CT molecular complexity index is 750. The molecule has 1 aliphatic rings. The number of benzene rings is 2. The molecule has 0 unspecified atom stereocenters. The molecule has 3 heteroatoms. The summed E-state index contributed by atoms with van der Waals surface area (Å²) < 4.78 is 10.4. The van der Waals surface area contributed by atoms with Crippen LogP contribution in [0, 0.1) is 6.92 Å². The molecule has 0 fully saturated rings. The molecule has 22 heavy (non-hydrogen) atoms. The first kappa shape index (κ1) is 14.1. The van der Waals surface area contributed by atoms with Gasteiger partial charge >= 0.3 is 5.97 Å². The summed E-state index contributed by atoms with van der Waals surface area (Å²) in [6.07, 6.45) is 3.62. The molecule has 3 nitrogen and oxygen atoms in total. The van der Waals surface area contributed by atoms with Gasteiger partial charge in [-0.15, -0.1) is 0 Å². The Labute approximate surface area is 129 Å². The molecular weight excluding hydrogens is 276 g/mol. The van der Waals surface area contributed by atoms with Crippen LogP contribution in [-0.4, -0.2) is 13.1 Å². The Morgan fingerprint density at radius 2 is 1.68 bits per heavy atom. The van der Waals surface area contributed by atoms with Crippen LogP contribution in [0.1, 0.15) is 16.7 Å². The molecule has 0 N–H and O–H groups in total. The minimum absolute atomic E-state index is 0.330. The van der Waals surface area contributed by atoms with E-state index in [1.807, 2.05) is 61.5 Å². The molecule has 0 atom stereocenters. The molecule has 1 aliphatic heterocycles. The summed E-state index contributed by atoms with van der Waals surface area (Å²) in [6, 6.07) is 15.4. The maximum Gasteiger partial charge on any atom is 0.344 e. The van der Waals surface area contributed by atoms with Gasteiger partial charge < -0.3 is 9.47 Å². The molecule has 2 aromatic rings. The lowest BCUT2D eigenvalue weighted by Crippen LogP contribution is -1.98. The highest BCUT2D eigenvalue weighted by molar-refractivity contribution is 6.19. The van der Waals surface area contributed by atoms with Gasteiger partial charge in [-0.2, -0.15) is 0 Å². The maximum absolute atomic E-state index is 12.0. The van der Waals surface area contributed by atoms with Crippen molar-refractivity contribution in [3.63, 3.8) is 0 Å². The van der Waals surface area contributed by atoms with Crippen LogP contribution in [0.5, 0.6) is 5.75 Å². The molecule has 0 aromatic heterocycles. The Kier molecular flexibility index (Phi) is 3.79. The van der Waals surface area contributed by atoms with E-state index in [2.05, 4.69) is 0 Å². The van der Waals surface area contributed by atoms with Gasteiger partial charge in [-0.25, -0.2) is 4.79 Å². The van der Waals surface area contributed by atoms with E-state index in [1.165, 1.54) is 5.56 Å². The second kappa shape index (κ2) is 5.90. The first-order valence-electron chi connectivity index (χ1n) is 7.02. The van der Waals surface area contributed by atoms with Crippen LogP contribution < -0.4 is 4.74 Å². The molecule has 3 rings (SSSR count). The van der Waals surface area contributed by atoms with E-state index in [-0.39, 0.29) is 5.97 Å². The van der Waals surface area contributed by atoms with Crippen LogP contribution in [0.2, 0.25) is 0 Å². The zero-order valence-corrected chi connectivity index (χ0v) is 12.5. The van der Waals surface area contributed by atoms with Gasteiger partial charge in [0.05, 0.1) is 12.7 Å². The Balaban J connectivity index is 1.88. The van der Waals surface area contributed by atoms with Gasteiger partial charge in [-0.05, 0) is 42.3 Å². The molecule has 0 bridgehead atoms. The number of carbonyl (C=O) groups is 1. The zero-order valence-electron chi connectivity index (χ0n) is 12.5. The number of allylic oxidation sites excluding steroid dienone is 1. The fourth-order valence-corrected chi connectivity index (χ4v) is 2.26. The predicted octanol–water partition coefficient (Wildman–Crippen LogP) is 3.98. The number of ether oxygens (including phenoxy) is 2. The smallest absolute Gasteiger partial charge is 0.344 e. The summed E-state index contributed by atoms with van der Waals surface area (Å²) in [5.41, 5.74) is 3.57. The van der Waals surface area contributed by atoms with Crippen molar-refractivity contribution in [3.8, 4) is 5.75 Å². The monoisotopic (exact) mass is 292 g/mol. The molecule has 0 amide bonds. The van der Waals surface area contributed by atoms with Crippen LogP contribution >= 0.6 is 0 Å². The highest BCUT2D eigenvalue weighted by Gasteiger charge is 2.22. The number of methoxy groups -OCH3 is 1. The van der Waals surface area contributed by atoms with E-state index < -0.39 is 0 Å². The predicted molar refractivity (Wildman–Crippen MR) is 86.2 cm³/mol. The molecule has 0 saturated heterocycles. The van der Waals surface area contributed by atoms with Crippen molar-refractivity contribution in [3.05, 3.63) is 77.1 Å². The highest BCUT2D eigenvalue weighted by atomic mass is 16.5. The number of aryl methyl sites for hydroxylation is 1. The molecular formula is C19H16O3. The Morgan fingerprint density at radius 1 is 1.00 bits per heavy atom. The van der Waals surface area contributed by atoms with E-state index in [9.17, 15) is 4.79 Å². The third-order valence-corrected chi connectivity index (χ3v) is 3.50. The molecule has 1 heterocycles. The van der Waals surface area contributed by atoms with Crippen LogP contribution in [0.4, 0.5) is 0 Å². The lowest BCUT2D eigenvalue weighted by Gasteiger charge is -2.02. The van der Waals surface area contributed by atoms with Crippen LogP contribution in [0.3, 0.4) is 0 Å². The summed E-state index contributed by atoms with van der Waals surface area (Å²) >= 11 is 0. The molecule has 110 valence electrons. The van der Waals surface area contributed by atoms with Crippen molar-refractivity contribution in [2.45, 2.75) is 6.92 Å². The van der Waals surface area contributed by atoms with Gasteiger partial charge in [-0.3, -0.25) is 0 Å². The van der Waals surface area contributed by atoms with E-state index in [1.54, 1.807) is 13.2 Å².